The lowest BCUT2D eigenvalue weighted by Crippen LogP contribution is -2.06. The molecule has 0 spiro atoms. The number of methoxy groups -OCH3 is 1. The Kier molecular flexibility index (Phi) is 3.83. The first-order valence-electron chi connectivity index (χ1n) is 4.18. The van der Waals surface area contributed by atoms with Gasteiger partial charge in [-0.3, -0.25) is 14.9 Å². The molecule has 6 nitrogen and oxygen atoms in total. The molecule has 0 unspecified atom stereocenters. The average molecular weight is 290 g/mol. The van der Waals surface area contributed by atoms with Crippen molar-refractivity contribution in [2.24, 2.45) is 0 Å². The molecule has 0 aromatic heterocycles. The molecule has 0 saturated carbocycles. The fourth-order valence-electron chi connectivity index (χ4n) is 1.27. The normalized spacial score (nSPS) is 9.88. The zero-order chi connectivity index (χ0) is 12.3. The molecule has 0 heterocycles. The lowest BCUT2D eigenvalue weighted by atomic mass is 10.1. The van der Waals surface area contributed by atoms with Crippen LogP contribution in [0.5, 0.6) is 5.75 Å². The zero-order valence-electron chi connectivity index (χ0n) is 8.27. The summed E-state index contributed by atoms with van der Waals surface area (Å²) in [6, 6.07) is 2.74. The lowest BCUT2D eigenvalue weighted by Gasteiger charge is -2.07. The molecule has 1 aromatic rings. The predicted molar refractivity (Wildman–Crippen MR) is 58.7 cm³/mol. The molecular weight excluding hydrogens is 282 g/mol. The van der Waals surface area contributed by atoms with Crippen molar-refractivity contribution in [2.75, 3.05) is 7.11 Å². The summed E-state index contributed by atoms with van der Waals surface area (Å²) in [5.74, 6) is -0.966. The van der Waals surface area contributed by atoms with Crippen molar-refractivity contribution < 1.29 is 19.6 Å². The monoisotopic (exact) mass is 289 g/mol. The van der Waals surface area contributed by atoms with Gasteiger partial charge in [-0.25, -0.2) is 0 Å². The Labute approximate surface area is 99.1 Å². The van der Waals surface area contributed by atoms with Crippen LogP contribution in [0.25, 0.3) is 0 Å². The number of carbonyl (C=O) groups is 1. The van der Waals surface area contributed by atoms with E-state index < -0.39 is 17.3 Å². The van der Waals surface area contributed by atoms with Gasteiger partial charge in [0.2, 0.25) is 0 Å². The number of nitro benzene ring substituents is 1. The van der Waals surface area contributed by atoms with Crippen LogP contribution in [0, 0.1) is 10.1 Å². The summed E-state index contributed by atoms with van der Waals surface area (Å²) in [6.07, 6.45) is -0.452. The molecule has 1 aromatic carbocycles. The van der Waals surface area contributed by atoms with Gasteiger partial charge in [0.05, 0.1) is 24.0 Å². The van der Waals surface area contributed by atoms with Crippen LogP contribution in [-0.2, 0) is 11.2 Å². The molecule has 7 heteroatoms. The summed E-state index contributed by atoms with van der Waals surface area (Å²) in [4.78, 5) is 20.7. The van der Waals surface area contributed by atoms with Gasteiger partial charge >= 0.3 is 5.97 Å². The molecule has 0 aliphatic rings. The van der Waals surface area contributed by atoms with E-state index in [4.69, 9.17) is 9.84 Å². The first kappa shape index (κ1) is 12.4. The number of nitro groups is 1. The Morgan fingerprint density at radius 2 is 2.25 bits per heavy atom. The molecule has 0 radical (unpaired) electrons. The molecule has 0 amide bonds. The van der Waals surface area contributed by atoms with E-state index in [1.807, 2.05) is 0 Å². The van der Waals surface area contributed by atoms with Crippen LogP contribution in [-0.4, -0.2) is 23.1 Å². The van der Waals surface area contributed by atoms with Gasteiger partial charge in [0.15, 0.2) is 0 Å². The van der Waals surface area contributed by atoms with E-state index in [1.54, 1.807) is 0 Å². The van der Waals surface area contributed by atoms with Crippen molar-refractivity contribution >= 4 is 27.6 Å². The van der Waals surface area contributed by atoms with Crippen LogP contribution in [0.15, 0.2) is 16.6 Å². The first-order valence-corrected chi connectivity index (χ1v) is 4.97. The number of hydrogen-bond donors (Lipinski definition) is 1. The van der Waals surface area contributed by atoms with Crippen molar-refractivity contribution in [1.29, 1.82) is 0 Å². The van der Waals surface area contributed by atoms with Crippen LogP contribution < -0.4 is 4.74 Å². The van der Waals surface area contributed by atoms with Crippen molar-refractivity contribution in [3.05, 3.63) is 32.3 Å². The second-order valence-electron chi connectivity index (χ2n) is 2.93. The number of carboxylic acid groups (broad SMARTS) is 1. The van der Waals surface area contributed by atoms with Crippen LogP contribution in [0.3, 0.4) is 0 Å². The van der Waals surface area contributed by atoms with Crippen LogP contribution in [0.1, 0.15) is 5.56 Å². The van der Waals surface area contributed by atoms with Crippen molar-refractivity contribution in [1.82, 2.24) is 0 Å². The Morgan fingerprint density at radius 1 is 1.62 bits per heavy atom. The first-order chi connectivity index (χ1) is 7.45. The maximum atomic E-state index is 10.8. The smallest absolute Gasteiger partial charge is 0.308 e. The van der Waals surface area contributed by atoms with Gasteiger partial charge in [-0.1, -0.05) is 15.9 Å². The minimum Gasteiger partial charge on any atom is -0.496 e. The molecule has 0 atom stereocenters. The Balaban J connectivity index is 3.38. The average Bonchev–Trinajstić information content (AvgIpc) is 2.19. The van der Waals surface area contributed by atoms with Gasteiger partial charge in [0.1, 0.15) is 5.75 Å². The highest BCUT2D eigenvalue weighted by molar-refractivity contribution is 9.10. The van der Waals surface area contributed by atoms with E-state index in [9.17, 15) is 14.9 Å². The molecule has 0 aliphatic carbocycles. The van der Waals surface area contributed by atoms with Crippen LogP contribution >= 0.6 is 15.9 Å². The summed E-state index contributed by atoms with van der Waals surface area (Å²) in [6.45, 7) is 0. The number of carboxylic acids is 1. The van der Waals surface area contributed by atoms with Crippen molar-refractivity contribution in [3.8, 4) is 5.75 Å². The van der Waals surface area contributed by atoms with Gasteiger partial charge in [0, 0.05) is 10.5 Å². The fourth-order valence-corrected chi connectivity index (χ4v) is 1.70. The maximum absolute atomic E-state index is 10.8. The highest BCUT2D eigenvalue weighted by atomic mass is 79.9. The summed E-state index contributed by atoms with van der Waals surface area (Å²) >= 11 is 3.09. The summed E-state index contributed by atoms with van der Waals surface area (Å²) in [5.41, 5.74) is -0.211. The Bertz CT molecular complexity index is 446. The molecule has 0 fully saturated rings. The summed E-state index contributed by atoms with van der Waals surface area (Å²) < 4.78 is 5.38. The number of hydrogen-bond acceptors (Lipinski definition) is 4. The van der Waals surface area contributed by atoms with Crippen LogP contribution in [0.4, 0.5) is 5.69 Å². The van der Waals surface area contributed by atoms with Gasteiger partial charge in [-0.2, -0.15) is 0 Å². The molecule has 86 valence electrons. The second kappa shape index (κ2) is 4.93. The summed E-state index contributed by atoms with van der Waals surface area (Å²) in [5, 5.41) is 19.4. The number of ether oxygens (including phenoxy) is 1. The molecular formula is C9H8BrNO5. The van der Waals surface area contributed by atoms with Crippen molar-refractivity contribution in [3.63, 3.8) is 0 Å². The Morgan fingerprint density at radius 3 is 2.69 bits per heavy atom. The number of benzene rings is 1. The minimum absolute atomic E-state index is 0.0585. The number of nitrogens with zero attached hydrogens (tertiary/aromatic N) is 1. The molecule has 0 saturated heterocycles. The van der Waals surface area contributed by atoms with Gasteiger partial charge in [-0.15, -0.1) is 0 Å². The van der Waals surface area contributed by atoms with E-state index in [0.29, 0.717) is 4.47 Å². The number of rotatable bonds is 4. The SMILES string of the molecule is COc1cc(Br)cc([N+](=O)[O-])c1CC(=O)O. The highest BCUT2D eigenvalue weighted by Crippen LogP contribution is 2.33. The molecule has 1 rings (SSSR count). The Hall–Kier alpha value is -1.63. The largest absolute Gasteiger partial charge is 0.496 e. The topological polar surface area (TPSA) is 89.7 Å². The third-order valence-electron chi connectivity index (χ3n) is 1.89. The molecule has 1 N–H and O–H groups in total. The fraction of sp³-hybridized carbons (Fsp3) is 0.222. The van der Waals surface area contributed by atoms with Crippen molar-refractivity contribution in [2.45, 2.75) is 6.42 Å². The van der Waals surface area contributed by atoms with E-state index in [-0.39, 0.29) is 17.0 Å². The molecule has 0 bridgehead atoms. The minimum atomic E-state index is -1.15. The van der Waals surface area contributed by atoms with Gasteiger partial charge < -0.3 is 9.84 Å². The van der Waals surface area contributed by atoms with E-state index >= 15 is 0 Å². The number of aliphatic carboxylic acids is 1. The highest BCUT2D eigenvalue weighted by Gasteiger charge is 2.21. The van der Waals surface area contributed by atoms with Crippen LogP contribution in [0.2, 0.25) is 0 Å². The second-order valence-corrected chi connectivity index (χ2v) is 3.85. The standard InChI is InChI=1S/C9H8BrNO5/c1-16-8-3-5(10)2-7(11(14)15)6(8)4-9(12)13/h2-3H,4H2,1H3,(H,12,13). The summed E-state index contributed by atoms with van der Waals surface area (Å²) in [7, 11) is 1.33. The third kappa shape index (κ3) is 2.69. The van der Waals surface area contributed by atoms with E-state index in [2.05, 4.69) is 15.9 Å². The van der Waals surface area contributed by atoms with E-state index in [0.717, 1.165) is 0 Å². The lowest BCUT2D eigenvalue weighted by molar-refractivity contribution is -0.385. The molecule has 16 heavy (non-hydrogen) atoms. The third-order valence-corrected chi connectivity index (χ3v) is 2.35. The quantitative estimate of drug-likeness (QED) is 0.676. The predicted octanol–water partition coefficient (Wildman–Crippen LogP) is 1.99. The van der Waals surface area contributed by atoms with E-state index in [1.165, 1.54) is 19.2 Å². The van der Waals surface area contributed by atoms with Gasteiger partial charge in [-0.05, 0) is 6.07 Å². The zero-order valence-corrected chi connectivity index (χ0v) is 9.85. The number of halogens is 1. The molecule has 0 aliphatic heterocycles. The maximum Gasteiger partial charge on any atom is 0.308 e. The van der Waals surface area contributed by atoms with Gasteiger partial charge in [0.25, 0.3) is 5.69 Å².